The topological polar surface area (TPSA) is 34.4 Å². The number of hydrogen-bond donors (Lipinski definition) is 1. The van der Waals surface area contributed by atoms with Gasteiger partial charge in [0.2, 0.25) is 0 Å². The van der Waals surface area contributed by atoms with Crippen LogP contribution in [-0.4, -0.2) is 13.7 Å². The highest BCUT2D eigenvalue weighted by Crippen LogP contribution is 2.13. The van der Waals surface area contributed by atoms with Crippen LogP contribution < -0.4 is 10.1 Å². The minimum absolute atomic E-state index is 0.797. The number of ether oxygens (including phenoxy) is 1. The van der Waals surface area contributed by atoms with Gasteiger partial charge < -0.3 is 14.5 Å². The lowest BCUT2D eigenvalue weighted by atomic mass is 10.1. The maximum absolute atomic E-state index is 5.25. The molecule has 0 saturated heterocycles. The predicted molar refractivity (Wildman–Crippen MR) is 71.7 cm³/mol. The molecule has 0 fully saturated rings. The lowest BCUT2D eigenvalue weighted by Gasteiger charge is -2.05. The Bertz CT molecular complexity index is 451. The maximum Gasteiger partial charge on any atom is 0.119 e. The highest BCUT2D eigenvalue weighted by atomic mass is 16.5. The van der Waals surface area contributed by atoms with Gasteiger partial charge in [0.05, 0.1) is 19.9 Å². The second kappa shape index (κ2) is 6.87. The SMILES string of the molecule is COc1cccc(CCCNCc2ccco2)c1. The van der Waals surface area contributed by atoms with Crippen LogP contribution in [-0.2, 0) is 13.0 Å². The van der Waals surface area contributed by atoms with Gasteiger partial charge in [-0.1, -0.05) is 12.1 Å². The number of aryl methyl sites for hydroxylation is 1. The second-order valence-electron chi connectivity index (χ2n) is 4.21. The molecular formula is C15H19NO2. The van der Waals surface area contributed by atoms with Crippen LogP contribution in [0.3, 0.4) is 0 Å². The standard InChI is InChI=1S/C15H19NO2/c1-17-14-7-2-5-13(11-14)6-3-9-16-12-15-8-4-10-18-15/h2,4-5,7-8,10-11,16H,3,6,9,12H2,1H3. The molecule has 1 aromatic heterocycles. The van der Waals surface area contributed by atoms with E-state index in [9.17, 15) is 0 Å². The summed E-state index contributed by atoms with van der Waals surface area (Å²) in [5, 5.41) is 3.36. The fraction of sp³-hybridized carbons (Fsp3) is 0.333. The number of nitrogens with one attached hydrogen (secondary N) is 1. The Morgan fingerprint density at radius 3 is 2.94 bits per heavy atom. The summed E-state index contributed by atoms with van der Waals surface area (Å²) >= 11 is 0. The van der Waals surface area contributed by atoms with Crippen LogP contribution in [0.2, 0.25) is 0 Å². The minimum Gasteiger partial charge on any atom is -0.497 e. The quantitative estimate of drug-likeness (QED) is 0.761. The molecule has 2 aromatic rings. The second-order valence-corrected chi connectivity index (χ2v) is 4.21. The van der Waals surface area contributed by atoms with Crippen LogP contribution in [0.5, 0.6) is 5.75 Å². The van der Waals surface area contributed by atoms with E-state index in [0.717, 1.165) is 37.4 Å². The molecule has 1 N–H and O–H groups in total. The fourth-order valence-corrected chi connectivity index (χ4v) is 1.87. The Kier molecular flexibility index (Phi) is 4.85. The number of hydrogen-bond acceptors (Lipinski definition) is 3. The summed E-state index contributed by atoms with van der Waals surface area (Å²) in [5.74, 6) is 1.91. The lowest BCUT2D eigenvalue weighted by molar-refractivity contribution is 0.414. The summed E-state index contributed by atoms with van der Waals surface area (Å²) < 4.78 is 10.5. The highest BCUT2D eigenvalue weighted by molar-refractivity contribution is 5.28. The molecule has 2 rings (SSSR count). The zero-order valence-electron chi connectivity index (χ0n) is 10.7. The molecule has 18 heavy (non-hydrogen) atoms. The van der Waals surface area contributed by atoms with Crippen molar-refractivity contribution in [1.29, 1.82) is 0 Å². The monoisotopic (exact) mass is 245 g/mol. The number of furan rings is 1. The van der Waals surface area contributed by atoms with E-state index in [1.165, 1.54) is 5.56 Å². The molecule has 3 heteroatoms. The Balaban J connectivity index is 1.65. The van der Waals surface area contributed by atoms with E-state index in [0.29, 0.717) is 0 Å². The molecule has 0 bridgehead atoms. The summed E-state index contributed by atoms with van der Waals surface area (Å²) in [6, 6.07) is 12.1. The van der Waals surface area contributed by atoms with Gasteiger partial charge in [0.15, 0.2) is 0 Å². The van der Waals surface area contributed by atoms with Gasteiger partial charge in [0, 0.05) is 0 Å². The third kappa shape index (κ3) is 3.93. The summed E-state index contributed by atoms with van der Waals surface area (Å²) in [7, 11) is 1.70. The van der Waals surface area contributed by atoms with E-state index in [1.807, 2.05) is 24.3 Å². The smallest absolute Gasteiger partial charge is 0.119 e. The van der Waals surface area contributed by atoms with Crippen molar-refractivity contribution >= 4 is 0 Å². The van der Waals surface area contributed by atoms with Crippen molar-refractivity contribution in [2.24, 2.45) is 0 Å². The third-order valence-corrected chi connectivity index (χ3v) is 2.83. The number of methoxy groups -OCH3 is 1. The molecule has 0 amide bonds. The van der Waals surface area contributed by atoms with Gasteiger partial charge in [-0.3, -0.25) is 0 Å². The molecule has 0 spiro atoms. The molecule has 3 nitrogen and oxygen atoms in total. The van der Waals surface area contributed by atoms with E-state index >= 15 is 0 Å². The summed E-state index contributed by atoms with van der Waals surface area (Å²) in [4.78, 5) is 0. The van der Waals surface area contributed by atoms with Gasteiger partial charge >= 0.3 is 0 Å². The Morgan fingerprint density at radius 2 is 2.17 bits per heavy atom. The zero-order valence-corrected chi connectivity index (χ0v) is 10.7. The van der Waals surface area contributed by atoms with Crippen LogP contribution in [0.1, 0.15) is 17.7 Å². The van der Waals surface area contributed by atoms with Crippen LogP contribution in [0.15, 0.2) is 47.1 Å². The summed E-state index contributed by atoms with van der Waals surface area (Å²) in [6.07, 6.45) is 3.86. The number of benzene rings is 1. The van der Waals surface area contributed by atoms with Crippen LogP contribution in [0.4, 0.5) is 0 Å². The zero-order chi connectivity index (χ0) is 12.6. The van der Waals surface area contributed by atoms with Crippen molar-refractivity contribution in [1.82, 2.24) is 5.32 Å². The van der Waals surface area contributed by atoms with Crippen molar-refractivity contribution in [2.45, 2.75) is 19.4 Å². The van der Waals surface area contributed by atoms with E-state index < -0.39 is 0 Å². The summed E-state index contributed by atoms with van der Waals surface area (Å²) in [5.41, 5.74) is 1.31. The van der Waals surface area contributed by atoms with Gasteiger partial charge in [-0.25, -0.2) is 0 Å². The molecular weight excluding hydrogens is 226 g/mol. The van der Waals surface area contributed by atoms with E-state index in [-0.39, 0.29) is 0 Å². The van der Waals surface area contributed by atoms with Crippen molar-refractivity contribution in [3.63, 3.8) is 0 Å². The molecule has 0 atom stereocenters. The largest absolute Gasteiger partial charge is 0.497 e. The normalized spacial score (nSPS) is 10.5. The van der Waals surface area contributed by atoms with Crippen molar-refractivity contribution in [3.05, 3.63) is 54.0 Å². The van der Waals surface area contributed by atoms with Crippen molar-refractivity contribution in [2.75, 3.05) is 13.7 Å². The first kappa shape index (κ1) is 12.7. The fourth-order valence-electron chi connectivity index (χ4n) is 1.87. The van der Waals surface area contributed by atoms with Gasteiger partial charge in [-0.05, 0) is 49.2 Å². The van der Waals surface area contributed by atoms with Crippen LogP contribution in [0.25, 0.3) is 0 Å². The third-order valence-electron chi connectivity index (χ3n) is 2.83. The van der Waals surface area contributed by atoms with Crippen molar-refractivity contribution < 1.29 is 9.15 Å². The average Bonchev–Trinajstić information content (AvgIpc) is 2.92. The van der Waals surface area contributed by atoms with E-state index in [2.05, 4.69) is 17.4 Å². The van der Waals surface area contributed by atoms with Crippen LogP contribution >= 0.6 is 0 Å². The predicted octanol–water partition coefficient (Wildman–Crippen LogP) is 3.01. The van der Waals surface area contributed by atoms with E-state index in [1.54, 1.807) is 13.4 Å². The maximum atomic E-state index is 5.25. The van der Waals surface area contributed by atoms with Gasteiger partial charge in [-0.15, -0.1) is 0 Å². The molecule has 0 aliphatic carbocycles. The molecule has 1 heterocycles. The van der Waals surface area contributed by atoms with Gasteiger partial charge in [-0.2, -0.15) is 0 Å². The highest BCUT2D eigenvalue weighted by Gasteiger charge is 1.97. The molecule has 96 valence electrons. The molecule has 0 aliphatic heterocycles. The van der Waals surface area contributed by atoms with Crippen molar-refractivity contribution in [3.8, 4) is 5.75 Å². The molecule has 0 unspecified atom stereocenters. The van der Waals surface area contributed by atoms with Crippen LogP contribution in [0, 0.1) is 0 Å². The van der Waals surface area contributed by atoms with Gasteiger partial charge in [0.1, 0.15) is 11.5 Å². The summed E-state index contributed by atoms with van der Waals surface area (Å²) in [6.45, 7) is 1.78. The first-order valence-corrected chi connectivity index (χ1v) is 6.24. The first-order valence-electron chi connectivity index (χ1n) is 6.24. The molecule has 0 saturated carbocycles. The van der Waals surface area contributed by atoms with E-state index in [4.69, 9.17) is 9.15 Å². The average molecular weight is 245 g/mol. The lowest BCUT2D eigenvalue weighted by Crippen LogP contribution is -2.14. The van der Waals surface area contributed by atoms with Gasteiger partial charge in [0.25, 0.3) is 0 Å². The molecule has 0 aliphatic rings. The Hall–Kier alpha value is -1.74. The Morgan fingerprint density at radius 1 is 1.22 bits per heavy atom. The molecule has 0 radical (unpaired) electrons. The molecule has 1 aromatic carbocycles. The number of rotatable bonds is 7. The Labute approximate surface area is 108 Å². The minimum atomic E-state index is 0.797. The first-order chi connectivity index (χ1) is 8.88.